The van der Waals surface area contributed by atoms with Gasteiger partial charge in [0.05, 0.1) is 0 Å². The number of hydrogen-bond donors (Lipinski definition) is 0. The van der Waals surface area contributed by atoms with Crippen molar-refractivity contribution in [2.75, 3.05) is 13.1 Å². The molecule has 1 atom stereocenters. The summed E-state index contributed by atoms with van der Waals surface area (Å²) >= 11 is 0. The van der Waals surface area contributed by atoms with E-state index in [0.29, 0.717) is 0 Å². The molecule has 1 aliphatic heterocycles. The van der Waals surface area contributed by atoms with Crippen LogP contribution in [0.25, 0.3) is 0 Å². The Hall–Kier alpha value is -1.61. The smallest absolute Gasteiger partial charge is 0.105 e. The molecule has 0 saturated carbocycles. The van der Waals surface area contributed by atoms with E-state index >= 15 is 0 Å². The molecule has 4 rings (SSSR count). The molecule has 3 heteroatoms. The second kappa shape index (κ2) is 5.88. The van der Waals surface area contributed by atoms with Crippen LogP contribution in [0.1, 0.15) is 29.8 Å². The molecule has 1 aliphatic carbocycles. The van der Waals surface area contributed by atoms with E-state index in [4.69, 9.17) is 0 Å². The summed E-state index contributed by atoms with van der Waals surface area (Å²) in [5, 5.41) is 0. The van der Waals surface area contributed by atoms with E-state index in [1.807, 2.05) is 6.20 Å². The maximum absolute atomic E-state index is 4.36. The lowest BCUT2D eigenvalue weighted by Crippen LogP contribution is -2.44. The van der Waals surface area contributed by atoms with Gasteiger partial charge in [-0.1, -0.05) is 24.3 Å². The molecule has 0 bridgehead atoms. The van der Waals surface area contributed by atoms with E-state index in [-0.39, 0.29) is 0 Å². The molecule has 1 aromatic heterocycles. The number of imidazole rings is 1. The zero-order chi connectivity index (χ0) is 14.9. The van der Waals surface area contributed by atoms with Crippen molar-refractivity contribution in [2.24, 2.45) is 5.92 Å². The molecule has 0 spiro atoms. The van der Waals surface area contributed by atoms with E-state index < -0.39 is 0 Å². The first-order chi connectivity index (χ1) is 10.8. The lowest BCUT2D eigenvalue weighted by Gasteiger charge is -2.37. The predicted molar refractivity (Wildman–Crippen MR) is 88.9 cm³/mol. The van der Waals surface area contributed by atoms with Crippen LogP contribution in [0.15, 0.2) is 36.7 Å². The van der Waals surface area contributed by atoms with Gasteiger partial charge in [-0.05, 0) is 56.2 Å². The van der Waals surface area contributed by atoms with Crippen molar-refractivity contribution < 1.29 is 0 Å². The van der Waals surface area contributed by atoms with Crippen LogP contribution in [0.2, 0.25) is 0 Å². The summed E-state index contributed by atoms with van der Waals surface area (Å²) in [6, 6.07) is 9.71. The number of aromatic nitrogens is 2. The zero-order valence-corrected chi connectivity index (χ0v) is 13.4. The third-order valence-electron chi connectivity index (χ3n) is 5.47. The van der Waals surface area contributed by atoms with Crippen LogP contribution in [0, 0.1) is 12.8 Å². The normalized spacial score (nSPS) is 22.9. The summed E-state index contributed by atoms with van der Waals surface area (Å²) in [7, 11) is 0. The van der Waals surface area contributed by atoms with Gasteiger partial charge < -0.3 is 4.57 Å². The molecule has 22 heavy (non-hydrogen) atoms. The lowest BCUT2D eigenvalue weighted by atomic mass is 9.96. The number of hydrogen-bond acceptors (Lipinski definition) is 2. The Labute approximate surface area is 133 Å². The van der Waals surface area contributed by atoms with Crippen molar-refractivity contribution in [3.05, 3.63) is 53.6 Å². The first-order valence-electron chi connectivity index (χ1n) is 8.58. The second-order valence-corrected chi connectivity index (χ2v) is 6.96. The molecule has 0 amide bonds. The minimum absolute atomic E-state index is 0.726. The van der Waals surface area contributed by atoms with Crippen LogP contribution < -0.4 is 0 Å². The van der Waals surface area contributed by atoms with E-state index in [1.54, 1.807) is 11.1 Å². The molecule has 1 unspecified atom stereocenters. The largest absolute Gasteiger partial charge is 0.335 e. The highest BCUT2D eigenvalue weighted by molar-refractivity contribution is 5.33. The summed E-state index contributed by atoms with van der Waals surface area (Å²) in [5.74, 6) is 1.91. The minimum atomic E-state index is 0.726. The summed E-state index contributed by atoms with van der Waals surface area (Å²) in [5.41, 5.74) is 3.14. The van der Waals surface area contributed by atoms with Gasteiger partial charge in [-0.3, -0.25) is 4.90 Å². The Morgan fingerprint density at radius 3 is 2.64 bits per heavy atom. The van der Waals surface area contributed by atoms with E-state index in [0.717, 1.165) is 24.3 Å². The molecule has 1 saturated heterocycles. The molecule has 1 aromatic carbocycles. The number of nitrogens with zero attached hydrogens (tertiary/aromatic N) is 3. The highest BCUT2D eigenvalue weighted by atomic mass is 15.2. The lowest BCUT2D eigenvalue weighted by molar-refractivity contribution is 0.118. The second-order valence-electron chi connectivity index (χ2n) is 6.96. The van der Waals surface area contributed by atoms with Crippen LogP contribution in [0.5, 0.6) is 0 Å². The highest BCUT2D eigenvalue weighted by Crippen LogP contribution is 2.29. The molecule has 0 radical (unpaired) electrons. The Balaban J connectivity index is 1.41. The van der Waals surface area contributed by atoms with Crippen molar-refractivity contribution in [3.63, 3.8) is 0 Å². The fourth-order valence-corrected chi connectivity index (χ4v) is 4.25. The Morgan fingerprint density at radius 2 is 1.95 bits per heavy atom. The van der Waals surface area contributed by atoms with Crippen molar-refractivity contribution in [2.45, 2.75) is 45.2 Å². The van der Waals surface area contributed by atoms with Gasteiger partial charge in [-0.2, -0.15) is 0 Å². The number of fused-ring (bicyclic) bond motifs is 1. The zero-order valence-electron chi connectivity index (χ0n) is 13.4. The number of rotatable bonds is 3. The van der Waals surface area contributed by atoms with E-state index in [2.05, 4.69) is 51.8 Å². The topological polar surface area (TPSA) is 21.1 Å². The van der Waals surface area contributed by atoms with Gasteiger partial charge in [0.1, 0.15) is 5.82 Å². The third-order valence-corrected chi connectivity index (χ3v) is 5.47. The Bertz CT molecular complexity index is 621. The number of piperidine rings is 1. The molecule has 0 N–H and O–H groups in total. The summed E-state index contributed by atoms with van der Waals surface area (Å²) < 4.78 is 2.32. The van der Waals surface area contributed by atoms with Gasteiger partial charge >= 0.3 is 0 Å². The minimum Gasteiger partial charge on any atom is -0.335 e. The third kappa shape index (κ3) is 2.70. The quantitative estimate of drug-likeness (QED) is 0.868. The highest BCUT2D eigenvalue weighted by Gasteiger charge is 2.30. The van der Waals surface area contributed by atoms with Crippen LogP contribution >= 0.6 is 0 Å². The Morgan fingerprint density at radius 1 is 1.18 bits per heavy atom. The van der Waals surface area contributed by atoms with Crippen LogP contribution in [0.3, 0.4) is 0 Å². The van der Waals surface area contributed by atoms with Crippen molar-refractivity contribution in [3.8, 4) is 0 Å². The summed E-state index contributed by atoms with van der Waals surface area (Å²) in [4.78, 5) is 7.11. The van der Waals surface area contributed by atoms with E-state index in [9.17, 15) is 0 Å². The SMILES string of the molecule is Cc1nccn1CC1CCCN(C2Cc3ccccc3C2)C1. The first-order valence-corrected chi connectivity index (χ1v) is 8.58. The number of likely N-dealkylation sites (tertiary alicyclic amines) is 1. The Kier molecular flexibility index (Phi) is 3.75. The van der Waals surface area contributed by atoms with Crippen LogP contribution in [-0.2, 0) is 19.4 Å². The van der Waals surface area contributed by atoms with Crippen molar-refractivity contribution >= 4 is 0 Å². The molecular formula is C19H25N3. The van der Waals surface area contributed by atoms with Crippen LogP contribution in [-0.4, -0.2) is 33.6 Å². The van der Waals surface area contributed by atoms with E-state index in [1.165, 1.54) is 38.8 Å². The van der Waals surface area contributed by atoms with Crippen molar-refractivity contribution in [1.82, 2.24) is 14.5 Å². The molecule has 2 aromatic rings. The molecule has 1 fully saturated rings. The molecule has 3 nitrogen and oxygen atoms in total. The van der Waals surface area contributed by atoms with Gasteiger partial charge in [0, 0.05) is 31.5 Å². The van der Waals surface area contributed by atoms with Gasteiger partial charge in [0.15, 0.2) is 0 Å². The van der Waals surface area contributed by atoms with Gasteiger partial charge in [-0.25, -0.2) is 4.98 Å². The van der Waals surface area contributed by atoms with Gasteiger partial charge in [0.2, 0.25) is 0 Å². The maximum atomic E-state index is 4.36. The fraction of sp³-hybridized carbons (Fsp3) is 0.526. The monoisotopic (exact) mass is 295 g/mol. The first kappa shape index (κ1) is 14.0. The number of aryl methyl sites for hydroxylation is 1. The fourth-order valence-electron chi connectivity index (χ4n) is 4.25. The van der Waals surface area contributed by atoms with Gasteiger partial charge in [-0.15, -0.1) is 0 Å². The summed E-state index contributed by atoms with van der Waals surface area (Å²) in [6.45, 7) is 5.75. The standard InChI is InChI=1S/C19H25N3/c1-15-20-8-10-21(15)13-16-5-4-9-22(14-16)19-11-17-6-2-3-7-18(17)12-19/h2-3,6-8,10,16,19H,4-5,9,11-14H2,1H3. The molecular weight excluding hydrogens is 270 g/mol. The molecule has 2 heterocycles. The molecule has 2 aliphatic rings. The average Bonchev–Trinajstić information content (AvgIpc) is 3.14. The van der Waals surface area contributed by atoms with Crippen LogP contribution in [0.4, 0.5) is 0 Å². The van der Waals surface area contributed by atoms with Crippen molar-refractivity contribution in [1.29, 1.82) is 0 Å². The maximum Gasteiger partial charge on any atom is 0.105 e. The molecule has 116 valence electrons. The number of benzene rings is 1. The van der Waals surface area contributed by atoms with Gasteiger partial charge in [0.25, 0.3) is 0 Å². The average molecular weight is 295 g/mol. The summed E-state index contributed by atoms with van der Waals surface area (Å²) in [6.07, 6.45) is 9.22. The predicted octanol–water partition coefficient (Wildman–Crippen LogP) is 3.07.